The van der Waals surface area contributed by atoms with Crippen molar-refractivity contribution in [2.75, 3.05) is 33.4 Å². The summed E-state index contributed by atoms with van der Waals surface area (Å²) in [5.41, 5.74) is 0.684. The Morgan fingerprint density at radius 2 is 1.94 bits per heavy atom. The first-order valence-electron chi connectivity index (χ1n) is 10.7. The molecule has 3 rings (SSSR count). The minimum atomic E-state index is -0.932. The fraction of sp³-hybridized carbons (Fsp3) is 0.480. The lowest BCUT2D eigenvalue weighted by atomic mass is 9.63. The molecule has 1 spiro atoms. The van der Waals surface area contributed by atoms with E-state index in [0.717, 1.165) is 0 Å². The van der Waals surface area contributed by atoms with E-state index in [9.17, 15) is 14.4 Å². The predicted molar refractivity (Wildman–Crippen MR) is 122 cm³/mol. The molecule has 0 N–H and O–H groups in total. The number of benzene rings is 1. The quantitative estimate of drug-likeness (QED) is 0.283. The van der Waals surface area contributed by atoms with Crippen molar-refractivity contribution in [1.29, 1.82) is 0 Å². The highest BCUT2D eigenvalue weighted by molar-refractivity contribution is 6.32. The molecule has 0 radical (unpaired) electrons. The van der Waals surface area contributed by atoms with Crippen LogP contribution in [0.4, 0.5) is 0 Å². The molecule has 2 fully saturated rings. The summed E-state index contributed by atoms with van der Waals surface area (Å²) < 4.78 is 10.7. The van der Waals surface area contributed by atoms with Crippen molar-refractivity contribution in [3.05, 3.63) is 40.9 Å². The van der Waals surface area contributed by atoms with E-state index in [1.54, 1.807) is 30.0 Å². The summed E-state index contributed by atoms with van der Waals surface area (Å²) in [4.78, 5) is 40.5. The zero-order valence-electron chi connectivity index (χ0n) is 18.5. The highest BCUT2D eigenvalue weighted by Crippen LogP contribution is 2.48. The normalized spacial score (nSPS) is 18.3. The zero-order chi connectivity index (χ0) is 23.3. The lowest BCUT2D eigenvalue weighted by Gasteiger charge is -2.44. The third kappa shape index (κ3) is 5.06. The molecular formula is C25H28ClNO5. The molecule has 0 bridgehead atoms. The second-order valence-corrected chi connectivity index (χ2v) is 8.76. The van der Waals surface area contributed by atoms with Crippen molar-refractivity contribution in [2.45, 2.75) is 38.5 Å². The molecule has 6 nitrogen and oxygen atoms in total. The standard InChI is InChI=1S/C25H28ClNO5/c1-4-6-17-12-18(26)23(21(13-17)31-3)24-19(28)14-25(15-20(24)29)7-9-27(10-8-25)22(30)16-32-11-5-2/h5,12-13,24H,2,7-11,14-16H2,1,3H3. The first kappa shape index (κ1) is 24.0. The van der Waals surface area contributed by atoms with E-state index in [-0.39, 0.29) is 36.9 Å². The monoisotopic (exact) mass is 457 g/mol. The van der Waals surface area contributed by atoms with Gasteiger partial charge in [0.25, 0.3) is 0 Å². The van der Waals surface area contributed by atoms with Gasteiger partial charge in [-0.1, -0.05) is 23.6 Å². The van der Waals surface area contributed by atoms with Gasteiger partial charge >= 0.3 is 0 Å². The number of hydrogen-bond donors (Lipinski definition) is 0. The van der Waals surface area contributed by atoms with E-state index in [0.29, 0.717) is 54.4 Å². The minimum Gasteiger partial charge on any atom is -0.496 e. The number of amides is 1. The van der Waals surface area contributed by atoms with Crippen LogP contribution in [0.1, 0.15) is 49.7 Å². The fourth-order valence-electron chi connectivity index (χ4n) is 4.67. The number of halogens is 1. The summed E-state index contributed by atoms with van der Waals surface area (Å²) in [6.07, 6.45) is 3.39. The Balaban J connectivity index is 1.74. The van der Waals surface area contributed by atoms with Gasteiger partial charge in [-0.05, 0) is 37.3 Å². The first-order valence-corrected chi connectivity index (χ1v) is 11.0. The summed E-state index contributed by atoms with van der Waals surface area (Å²) in [6.45, 7) is 6.63. The van der Waals surface area contributed by atoms with Gasteiger partial charge < -0.3 is 14.4 Å². The Morgan fingerprint density at radius 1 is 1.28 bits per heavy atom. The molecule has 0 unspecified atom stereocenters. The number of carbonyl (C=O) groups excluding carboxylic acids is 3. The highest BCUT2D eigenvalue weighted by atomic mass is 35.5. The van der Waals surface area contributed by atoms with Crippen LogP contribution in [0.3, 0.4) is 0 Å². The van der Waals surface area contributed by atoms with Crippen molar-refractivity contribution in [1.82, 2.24) is 4.90 Å². The Hall–Kier alpha value is -2.62. The van der Waals surface area contributed by atoms with Gasteiger partial charge in [-0.3, -0.25) is 14.4 Å². The number of ether oxygens (including phenoxy) is 2. The number of ketones is 2. The SMILES string of the molecule is C=CCOCC(=O)N1CCC2(CC1)CC(=O)C(c1c(Cl)cc(C#CC)cc1OC)C(=O)C2. The molecule has 0 atom stereocenters. The summed E-state index contributed by atoms with van der Waals surface area (Å²) in [5.74, 6) is 4.82. The van der Waals surface area contributed by atoms with E-state index in [1.807, 2.05) is 0 Å². The average Bonchev–Trinajstić information content (AvgIpc) is 2.75. The molecule has 1 aromatic carbocycles. The maximum Gasteiger partial charge on any atom is 0.248 e. The summed E-state index contributed by atoms with van der Waals surface area (Å²) in [7, 11) is 1.49. The molecule has 0 aromatic heterocycles. The molecule has 1 aromatic rings. The molecule has 1 heterocycles. The van der Waals surface area contributed by atoms with Gasteiger partial charge in [-0.15, -0.1) is 12.5 Å². The van der Waals surface area contributed by atoms with Gasteiger partial charge in [-0.25, -0.2) is 0 Å². The predicted octanol–water partition coefficient (Wildman–Crippen LogP) is 3.55. The molecule has 1 saturated heterocycles. The number of Topliss-reactive ketones (excluding diaryl/α,β-unsaturated/α-hetero) is 2. The van der Waals surface area contributed by atoms with Crippen LogP contribution >= 0.6 is 11.6 Å². The van der Waals surface area contributed by atoms with Crippen LogP contribution in [0.5, 0.6) is 5.75 Å². The van der Waals surface area contributed by atoms with Crippen LogP contribution in [-0.4, -0.2) is 55.8 Å². The van der Waals surface area contributed by atoms with Crippen LogP contribution in [-0.2, 0) is 19.1 Å². The van der Waals surface area contributed by atoms with E-state index in [2.05, 4.69) is 18.4 Å². The van der Waals surface area contributed by atoms with Crippen molar-refractivity contribution in [2.24, 2.45) is 5.41 Å². The lowest BCUT2D eigenvalue weighted by molar-refractivity contribution is -0.142. The Labute approximate surface area is 193 Å². The van der Waals surface area contributed by atoms with Gasteiger partial charge in [0, 0.05) is 42.1 Å². The van der Waals surface area contributed by atoms with Gasteiger partial charge in [0.1, 0.15) is 29.8 Å². The minimum absolute atomic E-state index is 0.00958. The Bertz CT molecular complexity index is 962. The largest absolute Gasteiger partial charge is 0.496 e. The molecule has 32 heavy (non-hydrogen) atoms. The molecule has 1 aliphatic heterocycles. The topological polar surface area (TPSA) is 72.9 Å². The van der Waals surface area contributed by atoms with Gasteiger partial charge in [0.2, 0.25) is 5.91 Å². The van der Waals surface area contributed by atoms with E-state index in [4.69, 9.17) is 21.1 Å². The molecule has 1 amide bonds. The van der Waals surface area contributed by atoms with Crippen LogP contribution in [0.2, 0.25) is 5.02 Å². The molecule has 170 valence electrons. The smallest absolute Gasteiger partial charge is 0.248 e. The van der Waals surface area contributed by atoms with Gasteiger partial charge in [0.05, 0.1) is 13.7 Å². The number of likely N-dealkylation sites (tertiary alicyclic amines) is 1. The molecule has 1 aliphatic carbocycles. The number of methoxy groups -OCH3 is 1. The zero-order valence-corrected chi connectivity index (χ0v) is 19.3. The summed E-state index contributed by atoms with van der Waals surface area (Å²) in [5, 5.41) is 0.310. The number of hydrogen-bond acceptors (Lipinski definition) is 5. The second kappa shape index (κ2) is 10.3. The number of nitrogens with zero attached hydrogens (tertiary/aromatic N) is 1. The van der Waals surface area contributed by atoms with Crippen molar-refractivity contribution < 1.29 is 23.9 Å². The maximum absolute atomic E-state index is 13.2. The van der Waals surface area contributed by atoms with Crippen LogP contribution in [0.25, 0.3) is 0 Å². The third-order valence-corrected chi connectivity index (χ3v) is 6.56. The molecule has 2 aliphatic rings. The number of piperidine rings is 1. The fourth-order valence-corrected chi connectivity index (χ4v) is 4.99. The van der Waals surface area contributed by atoms with Crippen molar-refractivity contribution in [3.63, 3.8) is 0 Å². The van der Waals surface area contributed by atoms with E-state index in [1.165, 1.54) is 7.11 Å². The lowest BCUT2D eigenvalue weighted by Crippen LogP contribution is -2.49. The van der Waals surface area contributed by atoms with Crippen LogP contribution in [0, 0.1) is 17.3 Å². The van der Waals surface area contributed by atoms with Gasteiger partial charge in [-0.2, -0.15) is 0 Å². The van der Waals surface area contributed by atoms with Crippen molar-refractivity contribution in [3.8, 4) is 17.6 Å². The molecular weight excluding hydrogens is 430 g/mol. The number of carbonyl (C=O) groups is 3. The maximum atomic E-state index is 13.2. The molecule has 1 saturated carbocycles. The van der Waals surface area contributed by atoms with Gasteiger partial charge in [0.15, 0.2) is 0 Å². The van der Waals surface area contributed by atoms with Crippen LogP contribution in [0.15, 0.2) is 24.8 Å². The number of rotatable bonds is 6. The average molecular weight is 458 g/mol. The Morgan fingerprint density at radius 3 is 2.50 bits per heavy atom. The summed E-state index contributed by atoms with van der Waals surface area (Å²) >= 11 is 6.48. The Kier molecular flexibility index (Phi) is 7.76. The van der Waals surface area contributed by atoms with Crippen molar-refractivity contribution >= 4 is 29.1 Å². The van der Waals surface area contributed by atoms with E-state index >= 15 is 0 Å². The highest BCUT2D eigenvalue weighted by Gasteiger charge is 2.48. The molecule has 7 heteroatoms. The van der Waals surface area contributed by atoms with E-state index < -0.39 is 11.3 Å². The summed E-state index contributed by atoms with van der Waals surface area (Å²) in [6, 6.07) is 3.38. The second-order valence-electron chi connectivity index (χ2n) is 8.35. The third-order valence-electron chi connectivity index (χ3n) is 6.25. The first-order chi connectivity index (χ1) is 15.3. The van der Waals surface area contributed by atoms with Crippen LogP contribution < -0.4 is 4.74 Å².